The lowest BCUT2D eigenvalue weighted by atomic mass is 10.1. The van der Waals surface area contributed by atoms with Gasteiger partial charge in [0.05, 0.1) is 17.7 Å². The van der Waals surface area contributed by atoms with Crippen LogP contribution in [-0.2, 0) is 4.53 Å². The van der Waals surface area contributed by atoms with E-state index in [0.29, 0.717) is 6.42 Å². The lowest BCUT2D eigenvalue weighted by Crippen LogP contribution is -2.68. The van der Waals surface area contributed by atoms with Crippen LogP contribution in [-0.4, -0.2) is 14.0 Å². The van der Waals surface area contributed by atoms with Crippen LogP contribution < -0.4 is 15.6 Å². The molecule has 0 radical (unpaired) electrons. The molecule has 1 aliphatic rings. The lowest BCUT2D eigenvalue weighted by Gasteiger charge is -2.30. The van der Waals surface area contributed by atoms with Crippen LogP contribution in [0.3, 0.4) is 0 Å². The maximum atomic E-state index is 9.21. The molecule has 4 heteroatoms. The third-order valence-corrected chi connectivity index (χ3v) is 9.10. The lowest BCUT2D eigenvalue weighted by molar-refractivity contribution is 0.347. The van der Waals surface area contributed by atoms with E-state index >= 15 is 0 Å². The summed E-state index contributed by atoms with van der Waals surface area (Å²) in [4.78, 5) is 0. The molecule has 28 heavy (non-hydrogen) atoms. The molecule has 1 unspecified atom stereocenters. The van der Waals surface area contributed by atoms with E-state index in [4.69, 9.17) is 4.53 Å². The van der Waals surface area contributed by atoms with Gasteiger partial charge in [-0.3, -0.25) is 0 Å². The SMILES string of the molecule is N#CC1CCC(=NO[Si](c2ccccc2)(c2ccccc2)c2ccccc2)C1. The van der Waals surface area contributed by atoms with E-state index in [0.717, 1.165) is 34.1 Å². The largest absolute Gasteiger partial charge is 0.438 e. The number of nitriles is 1. The van der Waals surface area contributed by atoms with Crippen LogP contribution in [0.15, 0.2) is 96.2 Å². The zero-order valence-electron chi connectivity index (χ0n) is 15.7. The van der Waals surface area contributed by atoms with E-state index in [9.17, 15) is 5.26 Å². The molecule has 0 N–H and O–H groups in total. The second kappa shape index (κ2) is 8.24. The topological polar surface area (TPSA) is 45.4 Å². The molecule has 1 saturated carbocycles. The molecule has 0 bridgehead atoms. The van der Waals surface area contributed by atoms with Gasteiger partial charge in [-0.15, -0.1) is 5.16 Å². The molecule has 1 atom stereocenters. The van der Waals surface area contributed by atoms with Crippen LogP contribution >= 0.6 is 0 Å². The molecule has 3 aromatic carbocycles. The van der Waals surface area contributed by atoms with Crippen LogP contribution in [0.2, 0.25) is 0 Å². The van der Waals surface area contributed by atoms with Crippen molar-refractivity contribution in [1.29, 1.82) is 5.26 Å². The minimum absolute atomic E-state index is 0.0589. The quantitative estimate of drug-likeness (QED) is 0.386. The highest BCUT2D eigenvalue weighted by Crippen LogP contribution is 2.23. The molecule has 0 saturated heterocycles. The van der Waals surface area contributed by atoms with Crippen molar-refractivity contribution in [3.8, 4) is 6.07 Å². The second-order valence-electron chi connectivity index (χ2n) is 7.10. The highest BCUT2D eigenvalue weighted by atomic mass is 28.4. The molecule has 3 aromatic rings. The molecule has 1 aliphatic carbocycles. The van der Waals surface area contributed by atoms with Crippen molar-refractivity contribution in [2.45, 2.75) is 19.3 Å². The van der Waals surface area contributed by atoms with Crippen LogP contribution in [0.4, 0.5) is 0 Å². The molecule has 0 heterocycles. The first-order chi connectivity index (χ1) is 13.8. The molecule has 1 fully saturated rings. The first-order valence-electron chi connectivity index (χ1n) is 9.63. The Morgan fingerprint density at radius 3 is 1.64 bits per heavy atom. The molecular weight excluding hydrogens is 360 g/mol. The van der Waals surface area contributed by atoms with Crippen LogP contribution in [0.25, 0.3) is 0 Å². The Morgan fingerprint density at radius 2 is 1.25 bits per heavy atom. The summed E-state index contributed by atoms with van der Waals surface area (Å²) in [6.07, 6.45) is 2.41. The van der Waals surface area contributed by atoms with E-state index in [1.165, 1.54) is 0 Å². The predicted molar refractivity (Wildman–Crippen MR) is 115 cm³/mol. The van der Waals surface area contributed by atoms with Crippen LogP contribution in [0.5, 0.6) is 0 Å². The normalized spacial score (nSPS) is 18.0. The van der Waals surface area contributed by atoms with Gasteiger partial charge in [0.2, 0.25) is 0 Å². The molecule has 0 aromatic heterocycles. The van der Waals surface area contributed by atoms with Gasteiger partial charge >= 0.3 is 8.32 Å². The Morgan fingerprint density at radius 1 is 0.786 bits per heavy atom. The number of benzene rings is 3. The van der Waals surface area contributed by atoms with Gasteiger partial charge in [0.15, 0.2) is 0 Å². The van der Waals surface area contributed by atoms with Crippen molar-refractivity contribution >= 4 is 29.6 Å². The molecule has 0 spiro atoms. The standard InChI is InChI=1S/C24H22N2OSi/c25-19-20-16-17-21(18-20)26-27-28(22-10-4-1-5-11-22,23-12-6-2-7-13-23)24-14-8-3-9-15-24/h1-15,20H,16-18H2. The summed E-state index contributed by atoms with van der Waals surface area (Å²) in [6, 6.07) is 33.6. The third kappa shape index (κ3) is 3.49. The molecule has 138 valence electrons. The minimum atomic E-state index is -2.79. The Hall–Kier alpha value is -3.16. The highest BCUT2D eigenvalue weighted by molar-refractivity contribution is 7.07. The Labute approximate surface area is 167 Å². The van der Waals surface area contributed by atoms with Crippen molar-refractivity contribution in [3.05, 3.63) is 91.0 Å². The van der Waals surface area contributed by atoms with Gasteiger partial charge in [-0.1, -0.05) is 91.0 Å². The molecule has 0 aliphatic heterocycles. The number of oxime groups is 1. The predicted octanol–water partition coefficient (Wildman–Crippen LogP) is 3.35. The summed E-state index contributed by atoms with van der Waals surface area (Å²) in [6.45, 7) is 0. The van der Waals surface area contributed by atoms with Crippen molar-refractivity contribution < 1.29 is 4.53 Å². The average molecular weight is 383 g/mol. The summed E-state index contributed by atoms with van der Waals surface area (Å²) in [5.74, 6) is 0.0589. The van der Waals surface area contributed by atoms with Crippen molar-refractivity contribution in [2.24, 2.45) is 11.1 Å². The van der Waals surface area contributed by atoms with Gasteiger partial charge in [-0.2, -0.15) is 5.26 Å². The van der Waals surface area contributed by atoms with Gasteiger partial charge in [-0.25, -0.2) is 0 Å². The first-order valence-corrected chi connectivity index (χ1v) is 11.5. The van der Waals surface area contributed by atoms with Crippen LogP contribution in [0, 0.1) is 17.2 Å². The van der Waals surface area contributed by atoms with E-state index in [1.807, 2.05) is 18.2 Å². The minimum Gasteiger partial charge on any atom is -0.438 e. The van der Waals surface area contributed by atoms with Gasteiger partial charge in [0.25, 0.3) is 0 Å². The molecule has 3 nitrogen and oxygen atoms in total. The van der Waals surface area contributed by atoms with Crippen molar-refractivity contribution in [2.75, 3.05) is 0 Å². The number of hydrogen-bond acceptors (Lipinski definition) is 3. The molecule has 0 amide bonds. The monoisotopic (exact) mass is 382 g/mol. The maximum absolute atomic E-state index is 9.21. The fraction of sp³-hybridized carbons (Fsp3) is 0.167. The summed E-state index contributed by atoms with van der Waals surface area (Å²) in [5.41, 5.74) is 0.992. The van der Waals surface area contributed by atoms with E-state index in [1.54, 1.807) is 0 Å². The summed E-state index contributed by atoms with van der Waals surface area (Å²) in [7, 11) is -2.79. The zero-order chi connectivity index (χ0) is 19.2. The van der Waals surface area contributed by atoms with Gasteiger partial charge < -0.3 is 4.53 Å². The summed E-state index contributed by atoms with van der Waals surface area (Å²) in [5, 5.41) is 17.3. The average Bonchev–Trinajstić information content (AvgIpc) is 3.25. The smallest absolute Gasteiger partial charge is 0.380 e. The first kappa shape index (κ1) is 18.2. The fourth-order valence-electron chi connectivity index (χ4n) is 3.83. The molecule has 4 rings (SSSR count). The Balaban J connectivity index is 1.87. The second-order valence-corrected chi connectivity index (χ2v) is 10.4. The third-order valence-electron chi connectivity index (χ3n) is 5.30. The Bertz CT molecular complexity index is 885. The van der Waals surface area contributed by atoms with E-state index in [-0.39, 0.29) is 5.92 Å². The molecular formula is C24H22N2OSi. The summed E-state index contributed by atoms with van der Waals surface area (Å²) >= 11 is 0. The van der Waals surface area contributed by atoms with E-state index in [2.05, 4.69) is 84.0 Å². The number of rotatable bonds is 5. The van der Waals surface area contributed by atoms with Crippen molar-refractivity contribution in [3.63, 3.8) is 0 Å². The summed E-state index contributed by atoms with van der Waals surface area (Å²) < 4.78 is 6.58. The van der Waals surface area contributed by atoms with E-state index < -0.39 is 8.32 Å². The van der Waals surface area contributed by atoms with Gasteiger partial charge in [0.1, 0.15) is 0 Å². The number of nitrogens with zero attached hydrogens (tertiary/aromatic N) is 2. The zero-order valence-corrected chi connectivity index (χ0v) is 16.7. The maximum Gasteiger partial charge on any atom is 0.380 e. The number of hydrogen-bond donors (Lipinski definition) is 0. The van der Waals surface area contributed by atoms with Crippen LogP contribution in [0.1, 0.15) is 19.3 Å². The van der Waals surface area contributed by atoms with Crippen molar-refractivity contribution in [1.82, 2.24) is 0 Å². The van der Waals surface area contributed by atoms with Gasteiger partial charge in [-0.05, 0) is 28.4 Å². The fourth-order valence-corrected chi connectivity index (χ4v) is 7.40. The highest BCUT2D eigenvalue weighted by Gasteiger charge is 2.45. The Kier molecular flexibility index (Phi) is 5.36. The van der Waals surface area contributed by atoms with Gasteiger partial charge in [0, 0.05) is 6.42 Å².